The molecular weight excluding hydrogens is 354 g/mol. The predicted molar refractivity (Wildman–Crippen MR) is 82.9 cm³/mol. The van der Waals surface area contributed by atoms with Crippen LogP contribution in [0.15, 0.2) is 17.2 Å². The molecule has 2 aromatic rings. The van der Waals surface area contributed by atoms with E-state index < -0.39 is 15.7 Å². The third-order valence-corrected chi connectivity index (χ3v) is 4.80. The van der Waals surface area contributed by atoms with E-state index in [1.807, 2.05) is 0 Å². The second-order valence-electron chi connectivity index (χ2n) is 4.56. The average molecular weight is 367 g/mol. The van der Waals surface area contributed by atoms with E-state index in [1.165, 1.54) is 13.1 Å². The number of sulfone groups is 1. The quantitative estimate of drug-likeness (QED) is 0.832. The van der Waals surface area contributed by atoms with E-state index in [9.17, 15) is 12.8 Å². The summed E-state index contributed by atoms with van der Waals surface area (Å²) in [6.45, 7) is 2.10. The Balaban J connectivity index is 2.70. The summed E-state index contributed by atoms with van der Waals surface area (Å²) in [6.07, 6.45) is 1.00. The molecule has 1 heterocycles. The van der Waals surface area contributed by atoms with Gasteiger partial charge in [0.1, 0.15) is 22.3 Å². The lowest BCUT2D eigenvalue weighted by Gasteiger charge is -2.08. The molecule has 0 aliphatic rings. The third kappa shape index (κ3) is 3.06. The molecule has 0 saturated carbocycles. The summed E-state index contributed by atoms with van der Waals surface area (Å²) in [5.74, 6) is -0.406. The van der Waals surface area contributed by atoms with Gasteiger partial charge in [-0.05, 0) is 19.1 Å². The van der Waals surface area contributed by atoms with Gasteiger partial charge < -0.3 is 4.74 Å². The van der Waals surface area contributed by atoms with E-state index in [1.54, 1.807) is 6.92 Å². The van der Waals surface area contributed by atoms with Gasteiger partial charge in [-0.2, -0.15) is 5.10 Å². The summed E-state index contributed by atoms with van der Waals surface area (Å²) >= 11 is 12.0. The second-order valence-corrected chi connectivity index (χ2v) is 7.28. The van der Waals surface area contributed by atoms with Gasteiger partial charge in [-0.15, -0.1) is 0 Å². The van der Waals surface area contributed by atoms with E-state index in [4.69, 9.17) is 27.9 Å². The van der Waals surface area contributed by atoms with Crippen LogP contribution < -0.4 is 4.74 Å². The molecule has 0 radical (unpaired) electrons. The number of halogens is 3. The zero-order chi connectivity index (χ0) is 16.7. The molecule has 0 unspecified atom stereocenters. The van der Waals surface area contributed by atoms with Gasteiger partial charge in [-0.3, -0.25) is 4.68 Å². The molecule has 0 amide bonds. The van der Waals surface area contributed by atoms with E-state index in [-0.39, 0.29) is 32.1 Å². The molecule has 0 atom stereocenters. The molecule has 22 heavy (non-hydrogen) atoms. The number of nitrogens with zero attached hydrogens (tertiary/aromatic N) is 2. The number of hydrogen-bond acceptors (Lipinski definition) is 4. The number of ether oxygens (including phenoxy) is 1. The van der Waals surface area contributed by atoms with Crippen molar-refractivity contribution in [2.24, 2.45) is 7.05 Å². The first-order valence-corrected chi connectivity index (χ1v) is 8.86. The largest absolute Gasteiger partial charge is 0.492 e. The summed E-state index contributed by atoms with van der Waals surface area (Å²) in [5.41, 5.74) is 0.0306. The molecule has 0 aliphatic heterocycles. The first-order valence-electron chi connectivity index (χ1n) is 6.21. The van der Waals surface area contributed by atoms with Crippen molar-refractivity contribution < 1.29 is 17.5 Å². The first kappa shape index (κ1) is 17.1. The molecular formula is C13H13Cl2FN2O3S. The van der Waals surface area contributed by atoms with Crippen molar-refractivity contribution in [2.45, 2.75) is 11.9 Å². The SMILES string of the molecule is CCOc1cc(-c2nn(C)c(S(C)(=O)=O)c2Cl)c(F)cc1Cl. The zero-order valence-electron chi connectivity index (χ0n) is 12.0. The molecule has 5 nitrogen and oxygen atoms in total. The van der Waals surface area contributed by atoms with Crippen molar-refractivity contribution in [1.29, 1.82) is 0 Å². The van der Waals surface area contributed by atoms with Crippen LogP contribution in [-0.4, -0.2) is 31.1 Å². The highest BCUT2D eigenvalue weighted by molar-refractivity contribution is 7.90. The molecule has 0 aliphatic carbocycles. The van der Waals surface area contributed by atoms with Crippen molar-refractivity contribution in [3.05, 3.63) is 28.0 Å². The van der Waals surface area contributed by atoms with E-state index in [0.29, 0.717) is 6.61 Å². The minimum Gasteiger partial charge on any atom is -0.492 e. The van der Waals surface area contributed by atoms with Gasteiger partial charge in [-0.1, -0.05) is 23.2 Å². The lowest BCUT2D eigenvalue weighted by molar-refractivity contribution is 0.340. The Morgan fingerprint density at radius 3 is 2.50 bits per heavy atom. The van der Waals surface area contributed by atoms with E-state index in [0.717, 1.165) is 17.0 Å². The van der Waals surface area contributed by atoms with Crippen LogP contribution in [0.3, 0.4) is 0 Å². The smallest absolute Gasteiger partial charge is 0.193 e. The van der Waals surface area contributed by atoms with Crippen LogP contribution in [0.5, 0.6) is 5.75 Å². The van der Waals surface area contributed by atoms with E-state index in [2.05, 4.69) is 5.10 Å². The lowest BCUT2D eigenvalue weighted by atomic mass is 10.1. The van der Waals surface area contributed by atoms with Crippen molar-refractivity contribution in [3.63, 3.8) is 0 Å². The highest BCUT2D eigenvalue weighted by Crippen LogP contribution is 2.38. The summed E-state index contributed by atoms with van der Waals surface area (Å²) < 4.78 is 44.1. The molecule has 0 bridgehead atoms. The van der Waals surface area contributed by atoms with Crippen LogP contribution in [0.25, 0.3) is 11.3 Å². The molecule has 9 heteroatoms. The Labute approximate surface area is 137 Å². The molecule has 1 aromatic heterocycles. The van der Waals surface area contributed by atoms with Gasteiger partial charge in [0, 0.05) is 18.9 Å². The zero-order valence-corrected chi connectivity index (χ0v) is 14.4. The maximum atomic E-state index is 14.2. The van der Waals surface area contributed by atoms with Crippen LogP contribution in [0.2, 0.25) is 10.0 Å². The summed E-state index contributed by atoms with van der Waals surface area (Å²) in [6, 6.07) is 2.43. The molecule has 0 fully saturated rings. The van der Waals surface area contributed by atoms with Crippen LogP contribution in [-0.2, 0) is 16.9 Å². The molecule has 2 rings (SSSR count). The average Bonchev–Trinajstić information content (AvgIpc) is 2.67. The number of hydrogen-bond donors (Lipinski definition) is 0. The second kappa shape index (κ2) is 6.06. The van der Waals surface area contributed by atoms with Gasteiger partial charge in [0.2, 0.25) is 0 Å². The van der Waals surface area contributed by atoms with Crippen molar-refractivity contribution >= 4 is 33.0 Å². The van der Waals surface area contributed by atoms with E-state index >= 15 is 0 Å². The Morgan fingerprint density at radius 2 is 2.00 bits per heavy atom. The molecule has 0 N–H and O–H groups in total. The van der Waals surface area contributed by atoms with Crippen LogP contribution in [0.1, 0.15) is 6.92 Å². The Morgan fingerprint density at radius 1 is 1.36 bits per heavy atom. The summed E-state index contributed by atoms with van der Waals surface area (Å²) in [4.78, 5) is 0. The van der Waals surface area contributed by atoms with Crippen LogP contribution in [0.4, 0.5) is 4.39 Å². The highest BCUT2D eigenvalue weighted by Gasteiger charge is 2.25. The first-order chi connectivity index (χ1) is 10.2. The Bertz CT molecular complexity index is 834. The molecule has 0 saturated heterocycles. The number of aryl methyl sites for hydroxylation is 1. The van der Waals surface area contributed by atoms with Gasteiger partial charge in [-0.25, -0.2) is 12.8 Å². The number of rotatable bonds is 4. The monoisotopic (exact) mass is 366 g/mol. The van der Waals surface area contributed by atoms with Crippen LogP contribution >= 0.6 is 23.2 Å². The van der Waals surface area contributed by atoms with Gasteiger partial charge in [0.15, 0.2) is 14.9 Å². The third-order valence-electron chi connectivity index (χ3n) is 2.87. The number of aromatic nitrogens is 2. The van der Waals surface area contributed by atoms with Crippen LogP contribution in [0, 0.1) is 5.82 Å². The fraction of sp³-hybridized carbons (Fsp3) is 0.308. The maximum Gasteiger partial charge on any atom is 0.193 e. The summed E-state index contributed by atoms with van der Waals surface area (Å²) in [5, 5.41) is 3.79. The topological polar surface area (TPSA) is 61.2 Å². The minimum absolute atomic E-state index is 0.0136. The lowest BCUT2D eigenvalue weighted by Crippen LogP contribution is -2.05. The van der Waals surface area contributed by atoms with Crippen molar-refractivity contribution in [3.8, 4) is 17.0 Å². The normalized spacial score (nSPS) is 11.7. The van der Waals surface area contributed by atoms with Gasteiger partial charge in [0.25, 0.3) is 0 Å². The van der Waals surface area contributed by atoms with Crippen molar-refractivity contribution in [1.82, 2.24) is 9.78 Å². The maximum absolute atomic E-state index is 14.2. The van der Waals surface area contributed by atoms with Gasteiger partial charge >= 0.3 is 0 Å². The molecule has 120 valence electrons. The van der Waals surface area contributed by atoms with Gasteiger partial charge in [0.05, 0.1) is 11.6 Å². The standard InChI is InChI=1S/C13H13Cl2FN2O3S/c1-4-21-10-5-7(9(16)6-8(10)14)12-11(15)13(18(2)17-12)22(3,19)20/h5-6H,4H2,1-3H3. The molecule has 1 aromatic carbocycles. The fourth-order valence-electron chi connectivity index (χ4n) is 2.03. The number of benzene rings is 1. The fourth-order valence-corrected chi connectivity index (χ4v) is 3.86. The summed E-state index contributed by atoms with van der Waals surface area (Å²) in [7, 11) is -2.18. The molecule has 0 spiro atoms. The Kier molecular flexibility index (Phi) is 4.70. The Hall–Kier alpha value is -1.31. The highest BCUT2D eigenvalue weighted by atomic mass is 35.5. The minimum atomic E-state index is -3.60. The van der Waals surface area contributed by atoms with Crippen molar-refractivity contribution in [2.75, 3.05) is 12.9 Å². The predicted octanol–water partition coefficient (Wildman–Crippen LogP) is 3.34.